The number of hydrogen-bond donors (Lipinski definition) is 1. The lowest BCUT2D eigenvalue weighted by atomic mass is 10.1. The highest BCUT2D eigenvalue weighted by Crippen LogP contribution is 2.20. The van der Waals surface area contributed by atoms with Gasteiger partial charge in [0.25, 0.3) is 0 Å². The van der Waals surface area contributed by atoms with Crippen molar-refractivity contribution < 1.29 is 4.39 Å². The van der Waals surface area contributed by atoms with Gasteiger partial charge in [-0.3, -0.25) is 0 Å². The standard InChI is InChI=1S/C23H26FN5/c1-18-17-22(29-15-13-28(14-16-29)21-5-3-2-4-6-21)27-23(26-18)25-12-11-19-7-9-20(24)10-8-19/h2-10,17H,11-16H2,1H3,(H,25,26,27). The SMILES string of the molecule is Cc1cc(N2CCN(c3ccccc3)CC2)nc(NCCc2ccc(F)cc2)n1. The van der Waals surface area contributed by atoms with E-state index in [1.165, 1.54) is 17.8 Å². The van der Waals surface area contributed by atoms with Crippen LogP contribution in [0.3, 0.4) is 0 Å². The van der Waals surface area contributed by atoms with Crippen LogP contribution in [0.25, 0.3) is 0 Å². The Bertz CT molecular complexity index is 922. The number of para-hydroxylation sites is 1. The van der Waals surface area contributed by atoms with E-state index in [4.69, 9.17) is 4.98 Å². The molecule has 0 amide bonds. The van der Waals surface area contributed by atoms with Gasteiger partial charge in [0.1, 0.15) is 11.6 Å². The van der Waals surface area contributed by atoms with E-state index >= 15 is 0 Å². The lowest BCUT2D eigenvalue weighted by Crippen LogP contribution is -2.46. The molecule has 29 heavy (non-hydrogen) atoms. The number of nitrogens with zero attached hydrogens (tertiary/aromatic N) is 4. The first-order valence-electron chi connectivity index (χ1n) is 10.1. The van der Waals surface area contributed by atoms with Gasteiger partial charge in [0.15, 0.2) is 0 Å². The van der Waals surface area contributed by atoms with Crippen LogP contribution < -0.4 is 15.1 Å². The molecule has 3 aromatic rings. The lowest BCUT2D eigenvalue weighted by molar-refractivity contribution is 0.627. The maximum absolute atomic E-state index is 13.0. The molecule has 0 atom stereocenters. The maximum Gasteiger partial charge on any atom is 0.224 e. The van der Waals surface area contributed by atoms with Gasteiger partial charge in [0, 0.05) is 50.2 Å². The summed E-state index contributed by atoms with van der Waals surface area (Å²) in [5.74, 6) is 1.41. The average Bonchev–Trinajstić information content (AvgIpc) is 2.75. The molecule has 1 aliphatic heterocycles. The normalized spacial score (nSPS) is 14.1. The lowest BCUT2D eigenvalue weighted by Gasteiger charge is -2.36. The van der Waals surface area contributed by atoms with Crippen molar-refractivity contribution >= 4 is 17.5 Å². The fourth-order valence-electron chi connectivity index (χ4n) is 3.60. The molecule has 6 heteroatoms. The summed E-state index contributed by atoms with van der Waals surface area (Å²) in [4.78, 5) is 14.0. The van der Waals surface area contributed by atoms with E-state index in [-0.39, 0.29) is 5.82 Å². The summed E-state index contributed by atoms with van der Waals surface area (Å²) in [6.45, 7) is 6.51. The van der Waals surface area contributed by atoms with Crippen LogP contribution in [0.1, 0.15) is 11.3 Å². The van der Waals surface area contributed by atoms with E-state index in [0.717, 1.165) is 49.7 Å². The highest BCUT2D eigenvalue weighted by molar-refractivity contribution is 5.50. The van der Waals surface area contributed by atoms with Crippen LogP contribution in [-0.2, 0) is 6.42 Å². The number of aromatic nitrogens is 2. The highest BCUT2D eigenvalue weighted by Gasteiger charge is 2.19. The topological polar surface area (TPSA) is 44.3 Å². The predicted octanol–water partition coefficient (Wildman–Crippen LogP) is 3.91. The number of piperazine rings is 1. The Labute approximate surface area is 171 Å². The monoisotopic (exact) mass is 391 g/mol. The quantitative estimate of drug-likeness (QED) is 0.690. The van der Waals surface area contributed by atoms with Crippen molar-refractivity contribution in [1.82, 2.24) is 9.97 Å². The van der Waals surface area contributed by atoms with Crippen molar-refractivity contribution in [1.29, 1.82) is 0 Å². The van der Waals surface area contributed by atoms with Gasteiger partial charge in [-0.15, -0.1) is 0 Å². The van der Waals surface area contributed by atoms with Gasteiger partial charge in [0.05, 0.1) is 0 Å². The number of rotatable bonds is 6. The molecular weight excluding hydrogens is 365 g/mol. The van der Waals surface area contributed by atoms with Crippen LogP contribution >= 0.6 is 0 Å². The summed E-state index contributed by atoms with van der Waals surface area (Å²) >= 11 is 0. The number of anilines is 3. The molecule has 150 valence electrons. The number of nitrogens with one attached hydrogen (secondary N) is 1. The molecule has 0 radical (unpaired) electrons. The molecule has 5 nitrogen and oxygen atoms in total. The van der Waals surface area contributed by atoms with Crippen molar-refractivity contribution in [2.24, 2.45) is 0 Å². The number of hydrogen-bond acceptors (Lipinski definition) is 5. The van der Waals surface area contributed by atoms with E-state index in [1.807, 2.05) is 31.2 Å². The van der Waals surface area contributed by atoms with Crippen molar-refractivity contribution in [3.05, 3.63) is 77.7 Å². The van der Waals surface area contributed by atoms with Crippen molar-refractivity contribution in [3.8, 4) is 0 Å². The van der Waals surface area contributed by atoms with Gasteiger partial charge in [-0.05, 0) is 43.2 Å². The zero-order valence-corrected chi connectivity index (χ0v) is 16.7. The summed E-state index contributed by atoms with van der Waals surface area (Å²) in [5.41, 5.74) is 3.31. The zero-order chi connectivity index (χ0) is 20.1. The third-order valence-electron chi connectivity index (χ3n) is 5.18. The molecule has 2 aromatic carbocycles. The van der Waals surface area contributed by atoms with Gasteiger partial charge < -0.3 is 15.1 Å². The summed E-state index contributed by atoms with van der Waals surface area (Å²) in [5, 5.41) is 3.31. The number of benzene rings is 2. The molecule has 1 aromatic heterocycles. The Morgan fingerprint density at radius 1 is 0.897 bits per heavy atom. The minimum Gasteiger partial charge on any atom is -0.368 e. The largest absolute Gasteiger partial charge is 0.368 e. The Kier molecular flexibility index (Phi) is 5.89. The first-order valence-corrected chi connectivity index (χ1v) is 10.1. The molecular formula is C23H26FN5. The van der Waals surface area contributed by atoms with Crippen LogP contribution in [0.5, 0.6) is 0 Å². The van der Waals surface area contributed by atoms with E-state index < -0.39 is 0 Å². The van der Waals surface area contributed by atoms with Crippen molar-refractivity contribution in [2.75, 3.05) is 47.8 Å². The summed E-state index contributed by atoms with van der Waals surface area (Å²) in [6.07, 6.45) is 0.794. The summed E-state index contributed by atoms with van der Waals surface area (Å²) in [7, 11) is 0. The fraction of sp³-hybridized carbons (Fsp3) is 0.304. The number of aryl methyl sites for hydroxylation is 1. The van der Waals surface area contributed by atoms with Crippen LogP contribution in [0.15, 0.2) is 60.7 Å². The van der Waals surface area contributed by atoms with Crippen molar-refractivity contribution in [2.45, 2.75) is 13.3 Å². The minimum absolute atomic E-state index is 0.208. The highest BCUT2D eigenvalue weighted by atomic mass is 19.1. The van der Waals surface area contributed by atoms with E-state index in [2.05, 4.69) is 44.4 Å². The Morgan fingerprint density at radius 3 is 2.31 bits per heavy atom. The molecule has 1 saturated heterocycles. The average molecular weight is 391 g/mol. The summed E-state index contributed by atoms with van der Waals surface area (Å²) in [6, 6.07) is 19.2. The van der Waals surface area contributed by atoms with Crippen LogP contribution in [-0.4, -0.2) is 42.7 Å². The minimum atomic E-state index is -0.208. The molecule has 1 aliphatic rings. The molecule has 2 heterocycles. The molecule has 0 bridgehead atoms. The van der Waals surface area contributed by atoms with Crippen LogP contribution in [0, 0.1) is 12.7 Å². The van der Waals surface area contributed by atoms with Crippen LogP contribution in [0.2, 0.25) is 0 Å². The van der Waals surface area contributed by atoms with Crippen molar-refractivity contribution in [3.63, 3.8) is 0 Å². The summed E-state index contributed by atoms with van der Waals surface area (Å²) < 4.78 is 13.0. The van der Waals surface area contributed by atoms with Crippen LogP contribution in [0.4, 0.5) is 21.8 Å². The van der Waals surface area contributed by atoms with Gasteiger partial charge in [-0.25, -0.2) is 9.37 Å². The van der Waals surface area contributed by atoms with E-state index in [9.17, 15) is 4.39 Å². The van der Waals surface area contributed by atoms with E-state index in [1.54, 1.807) is 0 Å². The van der Waals surface area contributed by atoms with Gasteiger partial charge in [-0.2, -0.15) is 4.98 Å². The molecule has 0 spiro atoms. The Morgan fingerprint density at radius 2 is 1.59 bits per heavy atom. The maximum atomic E-state index is 13.0. The second-order valence-electron chi connectivity index (χ2n) is 7.30. The first-order chi connectivity index (χ1) is 14.2. The molecule has 0 saturated carbocycles. The molecule has 0 unspecified atom stereocenters. The first kappa shape index (κ1) is 19.2. The predicted molar refractivity (Wildman–Crippen MR) is 116 cm³/mol. The second kappa shape index (κ2) is 8.90. The smallest absolute Gasteiger partial charge is 0.224 e. The zero-order valence-electron chi connectivity index (χ0n) is 16.7. The second-order valence-corrected chi connectivity index (χ2v) is 7.30. The van der Waals surface area contributed by atoms with Gasteiger partial charge >= 0.3 is 0 Å². The molecule has 1 N–H and O–H groups in total. The van der Waals surface area contributed by atoms with Gasteiger partial charge in [0.2, 0.25) is 5.95 Å². The molecule has 0 aliphatic carbocycles. The third kappa shape index (κ3) is 5.02. The Balaban J connectivity index is 1.35. The van der Waals surface area contributed by atoms with E-state index in [0.29, 0.717) is 12.5 Å². The van der Waals surface area contributed by atoms with Gasteiger partial charge in [-0.1, -0.05) is 30.3 Å². The molecule has 4 rings (SSSR count). The fourth-order valence-corrected chi connectivity index (χ4v) is 3.60. The third-order valence-corrected chi connectivity index (χ3v) is 5.18. The molecule has 1 fully saturated rings. The number of halogens is 1. The Hall–Kier alpha value is -3.15.